The van der Waals surface area contributed by atoms with Gasteiger partial charge in [0, 0.05) is 13.0 Å². The van der Waals surface area contributed by atoms with Gasteiger partial charge in [-0.1, -0.05) is 26.2 Å². The summed E-state index contributed by atoms with van der Waals surface area (Å²) in [4.78, 5) is 21.4. The number of rotatable bonds is 9. The fourth-order valence-electron chi connectivity index (χ4n) is 1.23. The van der Waals surface area contributed by atoms with E-state index >= 15 is 0 Å². The van der Waals surface area contributed by atoms with Crippen molar-refractivity contribution in [2.24, 2.45) is 5.73 Å². The van der Waals surface area contributed by atoms with Crippen molar-refractivity contribution >= 4 is 12.2 Å². The Labute approximate surface area is 91.6 Å². The molecule has 0 saturated carbocycles. The Morgan fingerprint density at radius 3 is 2.73 bits per heavy atom. The van der Waals surface area contributed by atoms with Crippen molar-refractivity contribution in [3.8, 4) is 0 Å². The van der Waals surface area contributed by atoms with E-state index in [-0.39, 0.29) is 5.91 Å². The predicted octanol–water partition coefficient (Wildman–Crippen LogP) is 0.989. The van der Waals surface area contributed by atoms with Gasteiger partial charge in [0.15, 0.2) is 0 Å². The van der Waals surface area contributed by atoms with Crippen LogP contribution < -0.4 is 11.1 Å². The van der Waals surface area contributed by atoms with Crippen LogP contribution >= 0.6 is 0 Å². The molecule has 0 aromatic rings. The number of nitrogens with one attached hydrogen (secondary N) is 1. The molecule has 0 saturated heterocycles. The highest BCUT2D eigenvalue weighted by atomic mass is 16.1. The molecule has 0 aromatic heterocycles. The van der Waals surface area contributed by atoms with Gasteiger partial charge < -0.3 is 15.8 Å². The van der Waals surface area contributed by atoms with Gasteiger partial charge in [0.1, 0.15) is 6.29 Å². The zero-order valence-corrected chi connectivity index (χ0v) is 9.50. The quantitative estimate of drug-likeness (QED) is 0.444. The molecule has 0 aromatic carbocycles. The van der Waals surface area contributed by atoms with E-state index in [0.717, 1.165) is 19.4 Å². The average molecular weight is 214 g/mol. The van der Waals surface area contributed by atoms with Gasteiger partial charge in [0.2, 0.25) is 5.91 Å². The maximum Gasteiger partial charge on any atom is 0.220 e. The highest BCUT2D eigenvalue weighted by molar-refractivity contribution is 5.76. The summed E-state index contributed by atoms with van der Waals surface area (Å²) in [5.41, 5.74) is 5.37. The highest BCUT2D eigenvalue weighted by Crippen LogP contribution is 1.97. The van der Waals surface area contributed by atoms with Crippen molar-refractivity contribution in [1.82, 2.24) is 5.32 Å². The molecule has 4 heteroatoms. The fourth-order valence-corrected chi connectivity index (χ4v) is 1.23. The molecule has 0 aliphatic heterocycles. The minimum Gasteiger partial charge on any atom is -0.356 e. The van der Waals surface area contributed by atoms with Crippen LogP contribution in [0.15, 0.2) is 0 Å². The maximum absolute atomic E-state index is 11.2. The molecule has 0 radical (unpaired) electrons. The standard InChI is InChI=1S/C11H22N2O2/c1-2-3-4-5-8-13-11(15)7-6-10(12)9-14/h9-10H,2-8,12H2,1H3,(H,13,15). The lowest BCUT2D eigenvalue weighted by Gasteiger charge is -2.05. The average Bonchev–Trinajstić information content (AvgIpc) is 2.25. The molecule has 1 unspecified atom stereocenters. The van der Waals surface area contributed by atoms with Gasteiger partial charge in [-0.05, 0) is 12.8 Å². The number of carbonyl (C=O) groups excluding carboxylic acids is 2. The molecule has 0 rings (SSSR count). The second kappa shape index (κ2) is 9.65. The summed E-state index contributed by atoms with van der Waals surface area (Å²) in [6.45, 7) is 2.88. The molecule has 0 heterocycles. The number of unbranched alkanes of at least 4 members (excludes halogenated alkanes) is 3. The van der Waals surface area contributed by atoms with Crippen LogP contribution in [0, 0.1) is 0 Å². The van der Waals surface area contributed by atoms with Gasteiger partial charge in [-0.15, -0.1) is 0 Å². The van der Waals surface area contributed by atoms with Gasteiger partial charge in [0.05, 0.1) is 6.04 Å². The molecule has 3 N–H and O–H groups in total. The largest absolute Gasteiger partial charge is 0.356 e. The first kappa shape index (κ1) is 14.1. The normalized spacial score (nSPS) is 12.1. The Kier molecular flexibility index (Phi) is 9.07. The van der Waals surface area contributed by atoms with Gasteiger partial charge in [-0.2, -0.15) is 0 Å². The van der Waals surface area contributed by atoms with Gasteiger partial charge >= 0.3 is 0 Å². The Bertz CT molecular complexity index is 183. The number of carbonyl (C=O) groups is 2. The van der Waals surface area contributed by atoms with Crippen LogP contribution in [0.3, 0.4) is 0 Å². The van der Waals surface area contributed by atoms with Gasteiger partial charge in [-0.25, -0.2) is 0 Å². The third-order valence-electron chi connectivity index (χ3n) is 2.23. The van der Waals surface area contributed by atoms with Crippen LogP contribution in [-0.4, -0.2) is 24.8 Å². The lowest BCUT2D eigenvalue weighted by molar-refractivity contribution is -0.121. The van der Waals surface area contributed by atoms with E-state index in [1.165, 1.54) is 12.8 Å². The molecule has 15 heavy (non-hydrogen) atoms. The minimum atomic E-state index is -0.504. The third-order valence-corrected chi connectivity index (χ3v) is 2.23. The molecule has 0 bridgehead atoms. The van der Waals surface area contributed by atoms with E-state index in [4.69, 9.17) is 5.73 Å². The summed E-state index contributed by atoms with van der Waals surface area (Å²) in [5.74, 6) is -0.0104. The lowest BCUT2D eigenvalue weighted by atomic mass is 10.2. The summed E-state index contributed by atoms with van der Waals surface area (Å²) in [5, 5.41) is 2.81. The van der Waals surface area contributed by atoms with Crippen molar-refractivity contribution in [3.63, 3.8) is 0 Å². The van der Waals surface area contributed by atoms with Crippen LogP contribution in [-0.2, 0) is 9.59 Å². The van der Waals surface area contributed by atoms with Crippen molar-refractivity contribution in [2.45, 2.75) is 51.5 Å². The van der Waals surface area contributed by atoms with Gasteiger partial charge in [0.25, 0.3) is 0 Å². The zero-order valence-electron chi connectivity index (χ0n) is 9.50. The number of hydrogen-bond acceptors (Lipinski definition) is 3. The van der Waals surface area contributed by atoms with Crippen molar-refractivity contribution in [1.29, 1.82) is 0 Å². The Morgan fingerprint density at radius 2 is 2.13 bits per heavy atom. The van der Waals surface area contributed by atoms with Crippen LogP contribution in [0.5, 0.6) is 0 Å². The van der Waals surface area contributed by atoms with E-state index in [1.54, 1.807) is 0 Å². The summed E-state index contributed by atoms with van der Waals surface area (Å²) in [7, 11) is 0. The first-order valence-electron chi connectivity index (χ1n) is 5.68. The molecule has 0 fully saturated rings. The second-order valence-corrected chi connectivity index (χ2v) is 3.75. The third kappa shape index (κ3) is 9.41. The Balaban J connectivity index is 3.29. The topological polar surface area (TPSA) is 72.2 Å². The number of nitrogens with two attached hydrogens (primary N) is 1. The van der Waals surface area contributed by atoms with Crippen LogP contribution in [0.25, 0.3) is 0 Å². The Morgan fingerprint density at radius 1 is 1.40 bits per heavy atom. The maximum atomic E-state index is 11.2. The van der Waals surface area contributed by atoms with Crippen LogP contribution in [0.1, 0.15) is 45.4 Å². The minimum absolute atomic E-state index is 0.0104. The molecule has 88 valence electrons. The molecule has 0 aliphatic rings. The molecule has 1 amide bonds. The SMILES string of the molecule is CCCCCCNC(=O)CCC(N)C=O. The summed E-state index contributed by atoms with van der Waals surface area (Å²) in [6.07, 6.45) is 6.05. The molecule has 1 atom stereocenters. The lowest BCUT2D eigenvalue weighted by Crippen LogP contribution is -2.28. The van der Waals surface area contributed by atoms with Crippen molar-refractivity contribution in [3.05, 3.63) is 0 Å². The van der Waals surface area contributed by atoms with E-state index in [1.807, 2.05) is 0 Å². The van der Waals surface area contributed by atoms with Crippen molar-refractivity contribution < 1.29 is 9.59 Å². The zero-order chi connectivity index (χ0) is 11.5. The first-order chi connectivity index (χ1) is 7.20. The fraction of sp³-hybridized carbons (Fsp3) is 0.818. The van der Waals surface area contributed by atoms with Crippen molar-refractivity contribution in [2.75, 3.05) is 6.54 Å². The van der Waals surface area contributed by atoms with Crippen LogP contribution in [0.4, 0.5) is 0 Å². The summed E-state index contributed by atoms with van der Waals surface area (Å²) < 4.78 is 0. The monoisotopic (exact) mass is 214 g/mol. The summed E-state index contributed by atoms with van der Waals surface area (Å²) in [6, 6.07) is -0.504. The number of hydrogen-bond donors (Lipinski definition) is 2. The number of amides is 1. The first-order valence-corrected chi connectivity index (χ1v) is 5.68. The molecule has 0 spiro atoms. The van der Waals surface area contributed by atoms with E-state index in [9.17, 15) is 9.59 Å². The van der Waals surface area contributed by atoms with E-state index < -0.39 is 6.04 Å². The molecular weight excluding hydrogens is 192 g/mol. The van der Waals surface area contributed by atoms with Gasteiger partial charge in [-0.3, -0.25) is 4.79 Å². The van der Waals surface area contributed by atoms with Crippen LogP contribution in [0.2, 0.25) is 0 Å². The molecular formula is C11H22N2O2. The molecule has 0 aliphatic carbocycles. The smallest absolute Gasteiger partial charge is 0.220 e. The second-order valence-electron chi connectivity index (χ2n) is 3.75. The molecule has 4 nitrogen and oxygen atoms in total. The predicted molar refractivity (Wildman–Crippen MR) is 60.4 cm³/mol. The number of aldehydes is 1. The van der Waals surface area contributed by atoms with E-state index in [2.05, 4.69) is 12.2 Å². The highest BCUT2D eigenvalue weighted by Gasteiger charge is 2.04. The Hall–Kier alpha value is -0.900. The summed E-state index contributed by atoms with van der Waals surface area (Å²) >= 11 is 0. The van der Waals surface area contributed by atoms with E-state index in [0.29, 0.717) is 19.1 Å².